The molecule has 0 amide bonds. The highest BCUT2D eigenvalue weighted by molar-refractivity contribution is 5.58. The molecule has 0 saturated heterocycles. The zero-order valence-corrected chi connectivity index (χ0v) is 31.5. The van der Waals surface area contributed by atoms with E-state index in [0.29, 0.717) is 13.2 Å². The lowest BCUT2D eigenvalue weighted by Crippen LogP contribution is -2.22. The van der Waals surface area contributed by atoms with Crippen LogP contribution in [0.2, 0.25) is 0 Å². The molecule has 264 valence electrons. The highest BCUT2D eigenvalue weighted by Gasteiger charge is 2.24. The summed E-state index contributed by atoms with van der Waals surface area (Å²) in [6, 6.07) is 30.8. The van der Waals surface area contributed by atoms with Gasteiger partial charge in [0.1, 0.15) is 11.5 Å². The van der Waals surface area contributed by atoms with Gasteiger partial charge in [-0.05, 0) is 75.2 Å². The van der Waals surface area contributed by atoms with Crippen LogP contribution < -0.4 is 29.1 Å². The second-order valence-corrected chi connectivity index (χ2v) is 12.8. The number of rotatable bonds is 18. The fourth-order valence-electron chi connectivity index (χ4n) is 6.59. The molecule has 0 aliphatic heterocycles. The maximum absolute atomic E-state index is 6.82. The van der Waals surface area contributed by atoms with E-state index in [1.807, 2.05) is 0 Å². The van der Waals surface area contributed by atoms with Crippen LogP contribution in [-0.4, -0.2) is 81.8 Å². The summed E-state index contributed by atoms with van der Waals surface area (Å²) in [6.07, 6.45) is 0. The maximum atomic E-state index is 6.82. The lowest BCUT2D eigenvalue weighted by atomic mass is 9.89. The van der Waals surface area contributed by atoms with Gasteiger partial charge in [-0.2, -0.15) is 0 Å². The van der Waals surface area contributed by atoms with Gasteiger partial charge in [-0.3, -0.25) is 0 Å². The predicted molar refractivity (Wildman–Crippen MR) is 209 cm³/mol. The van der Waals surface area contributed by atoms with Gasteiger partial charge in [-0.15, -0.1) is 0 Å². The first-order valence-corrected chi connectivity index (χ1v) is 17.7. The molecule has 2 unspecified atom stereocenters. The summed E-state index contributed by atoms with van der Waals surface area (Å²) in [7, 11) is 11.8. The Balaban J connectivity index is 1.73. The largest absolute Gasteiger partial charge is 0.496 e. The molecule has 0 heterocycles. The molecule has 7 heteroatoms. The van der Waals surface area contributed by atoms with Gasteiger partial charge in [0.05, 0.1) is 27.4 Å². The summed E-state index contributed by atoms with van der Waals surface area (Å²) in [5.41, 5.74) is 9.25. The van der Waals surface area contributed by atoms with E-state index in [1.165, 1.54) is 11.1 Å². The fraction of sp³-hybridized carbons (Fsp3) is 0.429. The average Bonchev–Trinajstić information content (AvgIpc) is 3.13. The van der Waals surface area contributed by atoms with Crippen LogP contribution in [0.1, 0.15) is 61.8 Å². The van der Waals surface area contributed by atoms with Crippen molar-refractivity contribution in [1.82, 2.24) is 0 Å². The molecule has 49 heavy (non-hydrogen) atoms. The van der Waals surface area contributed by atoms with Crippen molar-refractivity contribution in [2.45, 2.75) is 39.5 Å². The number of ether oxygens (including phenoxy) is 3. The van der Waals surface area contributed by atoms with Gasteiger partial charge in [-0.1, -0.05) is 36.4 Å². The summed E-state index contributed by atoms with van der Waals surface area (Å²) in [5.74, 6) is 1.69. The molecule has 4 rings (SSSR count). The Morgan fingerprint density at radius 2 is 0.796 bits per heavy atom. The van der Waals surface area contributed by atoms with Crippen LogP contribution in [0.4, 0.5) is 22.7 Å². The summed E-state index contributed by atoms with van der Waals surface area (Å²) < 4.78 is 18.9. The van der Waals surface area contributed by atoms with E-state index in [1.54, 1.807) is 14.2 Å². The molecule has 0 aliphatic carbocycles. The number of methoxy groups -OCH3 is 2. The van der Waals surface area contributed by atoms with Gasteiger partial charge in [0, 0.05) is 112 Å². The van der Waals surface area contributed by atoms with E-state index in [2.05, 4.69) is 160 Å². The van der Waals surface area contributed by atoms with Crippen LogP contribution in [0, 0.1) is 0 Å². The molecular weight excluding hydrogens is 608 g/mol. The van der Waals surface area contributed by atoms with E-state index in [4.69, 9.17) is 14.2 Å². The van der Waals surface area contributed by atoms with E-state index in [-0.39, 0.29) is 11.8 Å². The minimum Gasteiger partial charge on any atom is -0.496 e. The van der Waals surface area contributed by atoms with Crippen molar-refractivity contribution in [3.8, 4) is 11.5 Å². The van der Waals surface area contributed by atoms with Gasteiger partial charge in [0.25, 0.3) is 0 Å². The summed E-state index contributed by atoms with van der Waals surface area (Å²) >= 11 is 0. The number of anilines is 4. The molecule has 0 aliphatic rings. The monoisotopic (exact) mass is 666 g/mol. The number of nitrogens with zero attached hydrogens (tertiary/aromatic N) is 4. The molecule has 0 saturated carbocycles. The van der Waals surface area contributed by atoms with Gasteiger partial charge in [0.15, 0.2) is 0 Å². The molecule has 7 nitrogen and oxygen atoms in total. The minimum absolute atomic E-state index is 0.0272. The van der Waals surface area contributed by atoms with Crippen LogP contribution in [0.25, 0.3) is 0 Å². The number of hydrogen-bond acceptors (Lipinski definition) is 7. The van der Waals surface area contributed by atoms with Crippen molar-refractivity contribution in [3.05, 3.63) is 107 Å². The molecule has 0 aromatic heterocycles. The van der Waals surface area contributed by atoms with E-state index < -0.39 is 0 Å². The maximum Gasteiger partial charge on any atom is 0.124 e. The third kappa shape index (κ3) is 9.01. The smallest absolute Gasteiger partial charge is 0.124 e. The molecular formula is C42H58N4O3. The summed E-state index contributed by atoms with van der Waals surface area (Å²) in [4.78, 5) is 8.93. The first kappa shape index (κ1) is 37.5. The van der Waals surface area contributed by atoms with E-state index in [9.17, 15) is 0 Å². The van der Waals surface area contributed by atoms with Crippen LogP contribution in [0.3, 0.4) is 0 Å². The molecule has 0 bridgehead atoms. The van der Waals surface area contributed by atoms with Crippen molar-refractivity contribution in [3.63, 3.8) is 0 Å². The zero-order chi connectivity index (χ0) is 35.5. The molecule has 0 N–H and O–H groups in total. The molecule has 0 radical (unpaired) electrons. The molecule has 0 fully saturated rings. The molecule has 4 aromatic rings. The SMILES string of the molecule is CCN(CC)c1ccc(C(COCC(c2ccc(N(C)C)cc2)c2ccc(N(CC)CC)cc2OC)c2ccc(N(C)C)cc2)c(OC)c1. The van der Waals surface area contributed by atoms with Crippen molar-refractivity contribution >= 4 is 22.7 Å². The highest BCUT2D eigenvalue weighted by atomic mass is 16.5. The third-order valence-electron chi connectivity index (χ3n) is 9.63. The van der Waals surface area contributed by atoms with Gasteiger partial charge >= 0.3 is 0 Å². The minimum atomic E-state index is -0.0272. The zero-order valence-electron chi connectivity index (χ0n) is 31.5. The Hall–Kier alpha value is -4.36. The van der Waals surface area contributed by atoms with Gasteiger partial charge < -0.3 is 33.8 Å². The Labute approximate surface area is 296 Å². The van der Waals surface area contributed by atoms with Crippen molar-refractivity contribution < 1.29 is 14.2 Å². The summed E-state index contributed by atoms with van der Waals surface area (Å²) in [6.45, 7) is 13.5. The molecule has 4 aromatic carbocycles. The quantitative estimate of drug-likeness (QED) is 0.105. The third-order valence-corrected chi connectivity index (χ3v) is 9.63. The van der Waals surface area contributed by atoms with Crippen LogP contribution in [-0.2, 0) is 4.74 Å². The molecule has 0 spiro atoms. The van der Waals surface area contributed by atoms with Crippen molar-refractivity contribution in [1.29, 1.82) is 0 Å². The number of hydrogen-bond donors (Lipinski definition) is 0. The van der Waals surface area contributed by atoms with Crippen molar-refractivity contribution in [2.75, 3.05) is 101 Å². The van der Waals surface area contributed by atoms with E-state index >= 15 is 0 Å². The van der Waals surface area contributed by atoms with Crippen LogP contribution >= 0.6 is 0 Å². The Kier molecular flexibility index (Phi) is 13.7. The predicted octanol–water partition coefficient (Wildman–Crippen LogP) is 8.51. The number of benzene rings is 4. The average molecular weight is 667 g/mol. The Bertz CT molecular complexity index is 1460. The van der Waals surface area contributed by atoms with E-state index in [0.717, 1.165) is 71.6 Å². The van der Waals surface area contributed by atoms with Crippen LogP contribution in [0.5, 0.6) is 11.5 Å². The Morgan fingerprint density at radius 3 is 1.08 bits per heavy atom. The lowest BCUT2D eigenvalue weighted by Gasteiger charge is -2.27. The normalized spacial score (nSPS) is 12.3. The van der Waals surface area contributed by atoms with Crippen molar-refractivity contribution in [2.24, 2.45) is 0 Å². The second kappa shape index (κ2) is 17.9. The fourth-order valence-corrected chi connectivity index (χ4v) is 6.59. The second-order valence-electron chi connectivity index (χ2n) is 12.8. The summed E-state index contributed by atoms with van der Waals surface area (Å²) in [5, 5.41) is 0. The van der Waals surface area contributed by atoms with Crippen LogP contribution in [0.15, 0.2) is 84.9 Å². The molecule has 2 atom stereocenters. The first-order valence-electron chi connectivity index (χ1n) is 17.7. The highest BCUT2D eigenvalue weighted by Crippen LogP contribution is 2.39. The standard InChI is InChI=1S/C42H58N4O3/c1-11-45(12-2)35-23-25-37(41(27-35)47-9)39(31-15-19-33(20-16-31)43(5)6)29-49-30-40(32-17-21-34(22-18-32)44(7)8)38-26-24-36(28-42(38)48-10)46(13-3)14-4/h15-28,39-40H,11-14,29-30H2,1-10H3. The van der Waals surface area contributed by atoms with Gasteiger partial charge in [-0.25, -0.2) is 0 Å². The van der Waals surface area contributed by atoms with Gasteiger partial charge in [0.2, 0.25) is 0 Å². The lowest BCUT2D eigenvalue weighted by molar-refractivity contribution is 0.119. The first-order chi connectivity index (χ1) is 23.7. The topological polar surface area (TPSA) is 40.7 Å². The Morgan fingerprint density at radius 1 is 0.469 bits per heavy atom.